The number of ether oxygens (including phenoxy) is 1. The van der Waals surface area contributed by atoms with Crippen LogP contribution in [0, 0.1) is 11.3 Å². The lowest BCUT2D eigenvalue weighted by molar-refractivity contribution is 0.0526. The van der Waals surface area contributed by atoms with Crippen LogP contribution in [0.25, 0.3) is 0 Å². The van der Waals surface area contributed by atoms with Crippen molar-refractivity contribution in [2.24, 2.45) is 0 Å². The molecule has 106 valence electrons. The van der Waals surface area contributed by atoms with Crippen molar-refractivity contribution in [1.29, 1.82) is 5.26 Å². The van der Waals surface area contributed by atoms with Crippen LogP contribution in [-0.4, -0.2) is 12.6 Å². The van der Waals surface area contributed by atoms with E-state index in [0.717, 1.165) is 5.69 Å². The number of benzene rings is 2. The number of hydrogen-bond acceptors (Lipinski definition) is 5. The Bertz CT molecular complexity index is 688. The number of hydrogen-bond donors (Lipinski definition) is 2. The molecule has 2 aromatic carbocycles. The quantitative estimate of drug-likeness (QED) is 0.664. The van der Waals surface area contributed by atoms with Gasteiger partial charge in [-0.05, 0) is 49.4 Å². The third-order valence-corrected chi connectivity index (χ3v) is 2.86. The van der Waals surface area contributed by atoms with Crippen LogP contribution in [0.15, 0.2) is 42.5 Å². The number of carbonyl (C=O) groups is 1. The summed E-state index contributed by atoms with van der Waals surface area (Å²) in [7, 11) is 0. The van der Waals surface area contributed by atoms with Crippen molar-refractivity contribution >= 4 is 23.0 Å². The van der Waals surface area contributed by atoms with Crippen LogP contribution in [0.4, 0.5) is 17.1 Å². The number of nitrogen functional groups attached to an aromatic ring is 1. The van der Waals surface area contributed by atoms with Gasteiger partial charge in [-0.25, -0.2) is 4.79 Å². The van der Waals surface area contributed by atoms with Crippen molar-refractivity contribution in [1.82, 2.24) is 0 Å². The molecule has 0 heterocycles. The van der Waals surface area contributed by atoms with Gasteiger partial charge in [0.2, 0.25) is 0 Å². The Balaban J connectivity index is 2.24. The standard InChI is InChI=1S/C16H15N3O2/c1-2-21-16(20)12-5-8-14(18)15(9-12)19-13-6-3-11(10-17)4-7-13/h3-9,19H,2,18H2,1H3. The molecule has 21 heavy (non-hydrogen) atoms. The molecule has 0 aliphatic heterocycles. The molecule has 0 unspecified atom stereocenters. The van der Waals surface area contributed by atoms with Crippen LogP contribution in [0.3, 0.4) is 0 Å². The lowest BCUT2D eigenvalue weighted by atomic mass is 10.1. The van der Waals surface area contributed by atoms with Gasteiger partial charge in [0.05, 0.1) is 35.2 Å². The van der Waals surface area contributed by atoms with Gasteiger partial charge < -0.3 is 15.8 Å². The van der Waals surface area contributed by atoms with Crippen LogP contribution >= 0.6 is 0 Å². The molecule has 0 aliphatic carbocycles. The van der Waals surface area contributed by atoms with Crippen molar-refractivity contribution in [3.8, 4) is 6.07 Å². The maximum Gasteiger partial charge on any atom is 0.338 e. The smallest absolute Gasteiger partial charge is 0.338 e. The molecule has 2 rings (SSSR count). The number of nitriles is 1. The number of rotatable bonds is 4. The van der Waals surface area contributed by atoms with Gasteiger partial charge in [0.1, 0.15) is 0 Å². The van der Waals surface area contributed by atoms with E-state index in [-0.39, 0.29) is 5.97 Å². The second-order valence-corrected chi connectivity index (χ2v) is 4.34. The number of nitrogens with one attached hydrogen (secondary N) is 1. The van der Waals surface area contributed by atoms with E-state index in [1.807, 2.05) is 0 Å². The van der Waals surface area contributed by atoms with Gasteiger partial charge in [0.15, 0.2) is 0 Å². The van der Waals surface area contributed by atoms with Gasteiger partial charge in [-0.3, -0.25) is 0 Å². The molecule has 3 N–H and O–H groups in total. The molecule has 0 bridgehead atoms. The van der Waals surface area contributed by atoms with Gasteiger partial charge in [-0.1, -0.05) is 0 Å². The summed E-state index contributed by atoms with van der Waals surface area (Å²) >= 11 is 0. The molecule has 5 nitrogen and oxygen atoms in total. The summed E-state index contributed by atoms with van der Waals surface area (Å²) < 4.78 is 4.96. The first-order chi connectivity index (χ1) is 10.1. The maximum atomic E-state index is 11.7. The van der Waals surface area contributed by atoms with Crippen LogP contribution in [-0.2, 0) is 4.74 Å². The minimum atomic E-state index is -0.389. The van der Waals surface area contributed by atoms with E-state index in [2.05, 4.69) is 11.4 Å². The molecule has 0 spiro atoms. The van der Waals surface area contributed by atoms with Crippen LogP contribution in [0.2, 0.25) is 0 Å². The first-order valence-corrected chi connectivity index (χ1v) is 6.48. The summed E-state index contributed by atoms with van der Waals surface area (Å²) in [6.45, 7) is 2.08. The highest BCUT2D eigenvalue weighted by molar-refractivity contribution is 5.92. The van der Waals surface area contributed by atoms with Crippen LogP contribution in [0.1, 0.15) is 22.8 Å². The summed E-state index contributed by atoms with van der Waals surface area (Å²) in [5.41, 5.74) is 8.83. The fourth-order valence-electron chi connectivity index (χ4n) is 1.79. The molecule has 0 aromatic heterocycles. The van der Waals surface area contributed by atoms with E-state index in [1.165, 1.54) is 0 Å². The predicted octanol–water partition coefficient (Wildman–Crippen LogP) is 3.06. The summed E-state index contributed by atoms with van der Waals surface area (Å²) in [5, 5.41) is 11.9. The molecule has 2 aromatic rings. The zero-order valence-corrected chi connectivity index (χ0v) is 11.6. The normalized spacial score (nSPS) is 9.71. The van der Waals surface area contributed by atoms with Gasteiger partial charge >= 0.3 is 5.97 Å². The molecule has 0 radical (unpaired) electrons. The van der Waals surface area contributed by atoms with E-state index < -0.39 is 0 Å². The van der Waals surface area contributed by atoms with Crippen molar-refractivity contribution in [2.45, 2.75) is 6.92 Å². The van der Waals surface area contributed by atoms with Crippen molar-refractivity contribution in [3.63, 3.8) is 0 Å². The minimum Gasteiger partial charge on any atom is -0.462 e. The fourth-order valence-corrected chi connectivity index (χ4v) is 1.79. The second kappa shape index (κ2) is 6.44. The number of nitrogens with two attached hydrogens (primary N) is 1. The van der Waals surface area contributed by atoms with Crippen LogP contribution < -0.4 is 11.1 Å². The summed E-state index contributed by atoms with van der Waals surface area (Å²) in [5.74, 6) is -0.389. The van der Waals surface area contributed by atoms with Gasteiger partial charge in [0, 0.05) is 5.69 Å². The second-order valence-electron chi connectivity index (χ2n) is 4.34. The number of esters is 1. The van der Waals surface area contributed by atoms with Gasteiger partial charge in [0.25, 0.3) is 0 Å². The Morgan fingerprint density at radius 3 is 2.62 bits per heavy atom. The lowest BCUT2D eigenvalue weighted by Crippen LogP contribution is -2.06. The Kier molecular flexibility index (Phi) is 4.42. The SMILES string of the molecule is CCOC(=O)c1ccc(N)c(Nc2ccc(C#N)cc2)c1. The lowest BCUT2D eigenvalue weighted by Gasteiger charge is -2.11. The summed E-state index contributed by atoms with van der Waals surface area (Å²) in [4.78, 5) is 11.7. The third kappa shape index (κ3) is 3.51. The average Bonchev–Trinajstić information content (AvgIpc) is 2.50. The molecule has 0 amide bonds. The van der Waals surface area contributed by atoms with E-state index in [1.54, 1.807) is 49.4 Å². The number of anilines is 3. The third-order valence-electron chi connectivity index (χ3n) is 2.86. The van der Waals surface area contributed by atoms with Crippen molar-refractivity contribution in [2.75, 3.05) is 17.7 Å². The van der Waals surface area contributed by atoms with Gasteiger partial charge in [-0.15, -0.1) is 0 Å². The first kappa shape index (κ1) is 14.4. The average molecular weight is 281 g/mol. The highest BCUT2D eigenvalue weighted by Crippen LogP contribution is 2.25. The molecule has 0 saturated heterocycles. The number of nitrogens with zero attached hydrogens (tertiary/aromatic N) is 1. The fraction of sp³-hybridized carbons (Fsp3) is 0.125. The summed E-state index contributed by atoms with van der Waals surface area (Å²) in [6, 6.07) is 13.9. The molecule has 0 fully saturated rings. The molecular formula is C16H15N3O2. The van der Waals surface area contributed by atoms with E-state index in [0.29, 0.717) is 29.1 Å². The Morgan fingerprint density at radius 1 is 1.29 bits per heavy atom. The highest BCUT2D eigenvalue weighted by atomic mass is 16.5. The molecule has 0 saturated carbocycles. The van der Waals surface area contributed by atoms with Crippen molar-refractivity contribution in [3.05, 3.63) is 53.6 Å². The Hall–Kier alpha value is -3.00. The number of carbonyl (C=O) groups excluding carboxylic acids is 1. The van der Waals surface area contributed by atoms with E-state index in [4.69, 9.17) is 15.7 Å². The van der Waals surface area contributed by atoms with E-state index in [9.17, 15) is 4.79 Å². The largest absolute Gasteiger partial charge is 0.462 e. The molecular weight excluding hydrogens is 266 g/mol. The molecule has 0 aliphatic rings. The molecule has 0 atom stereocenters. The van der Waals surface area contributed by atoms with Crippen LogP contribution in [0.5, 0.6) is 0 Å². The topological polar surface area (TPSA) is 88.1 Å². The van der Waals surface area contributed by atoms with E-state index >= 15 is 0 Å². The minimum absolute atomic E-state index is 0.321. The molecule has 5 heteroatoms. The highest BCUT2D eigenvalue weighted by Gasteiger charge is 2.09. The monoisotopic (exact) mass is 281 g/mol. The maximum absolute atomic E-state index is 11.7. The van der Waals surface area contributed by atoms with Crippen molar-refractivity contribution < 1.29 is 9.53 Å². The zero-order valence-electron chi connectivity index (χ0n) is 11.6. The zero-order chi connectivity index (χ0) is 15.2. The Morgan fingerprint density at radius 2 is 2.00 bits per heavy atom. The van der Waals surface area contributed by atoms with Gasteiger partial charge in [-0.2, -0.15) is 5.26 Å². The summed E-state index contributed by atoms with van der Waals surface area (Å²) in [6.07, 6.45) is 0. The Labute approximate surface area is 123 Å². The first-order valence-electron chi connectivity index (χ1n) is 6.48. The predicted molar refractivity (Wildman–Crippen MR) is 81.3 cm³/mol.